The lowest BCUT2D eigenvalue weighted by molar-refractivity contribution is 0.0986. The van der Waals surface area contributed by atoms with E-state index in [0.717, 1.165) is 0 Å². The second kappa shape index (κ2) is 3.77. The van der Waals surface area contributed by atoms with Crippen LogP contribution < -0.4 is 0 Å². The van der Waals surface area contributed by atoms with Crippen LogP contribution in [0.4, 0.5) is 0 Å². The van der Waals surface area contributed by atoms with E-state index in [1.165, 1.54) is 0 Å². The largest absolute Gasteiger partial charge is 0.293 e. The van der Waals surface area contributed by atoms with E-state index in [-0.39, 0.29) is 11.5 Å². The second-order valence-corrected chi connectivity index (χ2v) is 6.03. The third-order valence-electron chi connectivity index (χ3n) is 2.68. The summed E-state index contributed by atoms with van der Waals surface area (Å²) in [5, 5.41) is -0.806. The zero-order valence-corrected chi connectivity index (χ0v) is 9.03. The lowest BCUT2D eigenvalue weighted by Crippen LogP contribution is -2.26. The monoisotopic (exact) mass is 224 g/mol. The quantitative estimate of drug-likeness (QED) is 0.714. The van der Waals surface area contributed by atoms with Gasteiger partial charge in [-0.1, -0.05) is 30.3 Å². The van der Waals surface area contributed by atoms with Crippen LogP contribution in [0.3, 0.4) is 0 Å². The summed E-state index contributed by atoms with van der Waals surface area (Å²) in [5.41, 5.74) is 0.493. The maximum Gasteiger partial charge on any atom is 0.180 e. The summed E-state index contributed by atoms with van der Waals surface area (Å²) in [5.74, 6) is -0.107. The van der Waals surface area contributed by atoms with Gasteiger partial charge in [0.2, 0.25) is 0 Å². The SMILES string of the molecule is O=C(c1ccccc1)C1CCCS1(=O)=O. The molecular formula is C11H12O3S. The standard InChI is InChI=1S/C11H12O3S/c12-11(9-5-2-1-3-6-9)10-7-4-8-15(10,13)14/h1-3,5-6,10H,4,7-8H2. The van der Waals surface area contributed by atoms with Crippen molar-refractivity contribution in [2.45, 2.75) is 18.1 Å². The minimum Gasteiger partial charge on any atom is -0.293 e. The maximum absolute atomic E-state index is 11.9. The van der Waals surface area contributed by atoms with Gasteiger partial charge >= 0.3 is 0 Å². The Morgan fingerprint density at radius 1 is 1.20 bits per heavy atom. The first-order valence-electron chi connectivity index (χ1n) is 4.92. The molecule has 2 rings (SSSR count). The molecule has 4 heteroatoms. The summed E-state index contributed by atoms with van der Waals surface area (Å²) >= 11 is 0. The van der Waals surface area contributed by atoms with Crippen LogP contribution >= 0.6 is 0 Å². The molecule has 1 fully saturated rings. The molecule has 3 nitrogen and oxygen atoms in total. The molecule has 1 aliphatic heterocycles. The number of hydrogen-bond acceptors (Lipinski definition) is 3. The van der Waals surface area contributed by atoms with Crippen molar-refractivity contribution in [2.24, 2.45) is 0 Å². The van der Waals surface area contributed by atoms with E-state index in [0.29, 0.717) is 18.4 Å². The van der Waals surface area contributed by atoms with Gasteiger partial charge in [0, 0.05) is 5.56 Å². The van der Waals surface area contributed by atoms with Gasteiger partial charge in [0.1, 0.15) is 5.25 Å². The van der Waals surface area contributed by atoms with Crippen LogP contribution in [-0.2, 0) is 9.84 Å². The first kappa shape index (κ1) is 10.4. The Labute approximate surface area is 89.0 Å². The van der Waals surface area contributed by atoms with Crippen molar-refractivity contribution in [2.75, 3.05) is 5.75 Å². The lowest BCUT2D eigenvalue weighted by atomic mass is 10.1. The normalized spacial score (nSPS) is 23.9. The van der Waals surface area contributed by atoms with Crippen LogP contribution in [0.1, 0.15) is 23.2 Å². The summed E-state index contributed by atoms with van der Waals surface area (Å²) < 4.78 is 23.1. The van der Waals surface area contributed by atoms with Crippen molar-refractivity contribution < 1.29 is 13.2 Å². The second-order valence-electron chi connectivity index (χ2n) is 3.73. The lowest BCUT2D eigenvalue weighted by Gasteiger charge is -2.07. The fraction of sp³-hybridized carbons (Fsp3) is 0.364. The third kappa shape index (κ3) is 1.95. The minimum atomic E-state index is -3.18. The van der Waals surface area contributed by atoms with Crippen molar-refractivity contribution in [3.63, 3.8) is 0 Å². The molecular weight excluding hydrogens is 212 g/mol. The average molecular weight is 224 g/mol. The zero-order valence-electron chi connectivity index (χ0n) is 8.22. The van der Waals surface area contributed by atoms with E-state index in [1.807, 2.05) is 0 Å². The van der Waals surface area contributed by atoms with Gasteiger partial charge < -0.3 is 0 Å². The number of hydrogen-bond donors (Lipinski definition) is 0. The molecule has 1 aromatic carbocycles. The van der Waals surface area contributed by atoms with E-state index in [2.05, 4.69) is 0 Å². The molecule has 1 atom stereocenters. The summed E-state index contributed by atoms with van der Waals surface area (Å²) in [6, 6.07) is 8.62. The van der Waals surface area contributed by atoms with Gasteiger partial charge in [0.05, 0.1) is 5.75 Å². The number of carbonyl (C=O) groups excluding carboxylic acids is 1. The highest BCUT2D eigenvalue weighted by atomic mass is 32.2. The van der Waals surface area contributed by atoms with E-state index in [4.69, 9.17) is 0 Å². The highest BCUT2D eigenvalue weighted by Crippen LogP contribution is 2.23. The fourth-order valence-corrected chi connectivity index (χ4v) is 3.72. The first-order valence-corrected chi connectivity index (χ1v) is 6.63. The smallest absolute Gasteiger partial charge is 0.180 e. The number of rotatable bonds is 2. The van der Waals surface area contributed by atoms with Crippen LogP contribution in [-0.4, -0.2) is 25.2 Å². The van der Waals surface area contributed by atoms with Crippen molar-refractivity contribution in [3.05, 3.63) is 35.9 Å². The summed E-state index contributed by atoms with van der Waals surface area (Å²) in [6.07, 6.45) is 1.07. The molecule has 0 bridgehead atoms. The summed E-state index contributed by atoms with van der Waals surface area (Å²) in [4.78, 5) is 11.9. The molecule has 1 saturated heterocycles. The van der Waals surface area contributed by atoms with E-state index < -0.39 is 15.1 Å². The molecule has 0 amide bonds. The Morgan fingerprint density at radius 2 is 1.87 bits per heavy atom. The van der Waals surface area contributed by atoms with Crippen LogP contribution in [0.2, 0.25) is 0 Å². The maximum atomic E-state index is 11.9. The molecule has 80 valence electrons. The number of Topliss-reactive ketones (excluding diaryl/α,β-unsaturated/α-hetero) is 1. The van der Waals surface area contributed by atoms with Crippen molar-refractivity contribution >= 4 is 15.6 Å². The molecule has 15 heavy (non-hydrogen) atoms. The molecule has 0 saturated carbocycles. The zero-order chi connectivity index (χ0) is 10.9. The van der Waals surface area contributed by atoms with E-state index in [9.17, 15) is 13.2 Å². The van der Waals surface area contributed by atoms with Crippen LogP contribution in [0.5, 0.6) is 0 Å². The Bertz CT molecular complexity index is 462. The Kier molecular flexibility index (Phi) is 2.61. The van der Waals surface area contributed by atoms with Gasteiger partial charge in [-0.05, 0) is 12.8 Å². The minimum absolute atomic E-state index is 0.149. The highest BCUT2D eigenvalue weighted by Gasteiger charge is 2.37. The molecule has 1 aromatic rings. The Morgan fingerprint density at radius 3 is 2.40 bits per heavy atom. The highest BCUT2D eigenvalue weighted by molar-refractivity contribution is 7.93. The number of carbonyl (C=O) groups is 1. The van der Waals surface area contributed by atoms with Gasteiger partial charge in [-0.25, -0.2) is 8.42 Å². The average Bonchev–Trinajstić information content (AvgIpc) is 2.58. The molecule has 0 N–H and O–H groups in total. The van der Waals surface area contributed by atoms with Gasteiger partial charge in [0.25, 0.3) is 0 Å². The molecule has 0 spiro atoms. The van der Waals surface area contributed by atoms with E-state index >= 15 is 0 Å². The molecule has 1 aliphatic rings. The molecule has 0 radical (unpaired) electrons. The predicted molar refractivity (Wildman–Crippen MR) is 57.6 cm³/mol. The predicted octanol–water partition coefficient (Wildman–Crippen LogP) is 1.45. The molecule has 1 unspecified atom stereocenters. The van der Waals surface area contributed by atoms with E-state index in [1.54, 1.807) is 30.3 Å². The van der Waals surface area contributed by atoms with Crippen molar-refractivity contribution in [1.82, 2.24) is 0 Å². The fourth-order valence-electron chi connectivity index (χ4n) is 1.87. The molecule has 0 aliphatic carbocycles. The number of ketones is 1. The molecule has 1 heterocycles. The van der Waals surface area contributed by atoms with Crippen molar-refractivity contribution in [3.8, 4) is 0 Å². The van der Waals surface area contributed by atoms with Gasteiger partial charge in [-0.2, -0.15) is 0 Å². The summed E-state index contributed by atoms with van der Waals surface area (Å²) in [6.45, 7) is 0. The van der Waals surface area contributed by atoms with Gasteiger partial charge in [-0.3, -0.25) is 4.79 Å². The molecule has 0 aromatic heterocycles. The van der Waals surface area contributed by atoms with Crippen LogP contribution in [0, 0.1) is 0 Å². The van der Waals surface area contributed by atoms with Crippen molar-refractivity contribution in [1.29, 1.82) is 0 Å². The topological polar surface area (TPSA) is 51.2 Å². The van der Waals surface area contributed by atoms with Gasteiger partial charge in [-0.15, -0.1) is 0 Å². The third-order valence-corrected chi connectivity index (χ3v) is 4.85. The summed E-state index contributed by atoms with van der Waals surface area (Å²) in [7, 11) is -3.18. The number of sulfone groups is 1. The van der Waals surface area contributed by atoms with Crippen LogP contribution in [0.25, 0.3) is 0 Å². The number of benzene rings is 1. The Hall–Kier alpha value is -1.16. The first-order chi connectivity index (χ1) is 7.11. The Balaban J connectivity index is 2.30. The van der Waals surface area contributed by atoms with Crippen LogP contribution in [0.15, 0.2) is 30.3 Å². The van der Waals surface area contributed by atoms with Gasteiger partial charge in [0.15, 0.2) is 15.6 Å².